The quantitative estimate of drug-likeness (QED) is 0.613. The van der Waals surface area contributed by atoms with Crippen molar-refractivity contribution in [3.8, 4) is 5.75 Å². The first kappa shape index (κ1) is 16.9. The van der Waals surface area contributed by atoms with E-state index in [0.29, 0.717) is 0 Å². The number of ether oxygens (including phenoxy) is 1. The maximum absolute atomic E-state index is 12.2. The molecule has 0 aliphatic carbocycles. The van der Waals surface area contributed by atoms with E-state index < -0.39 is 24.5 Å². The van der Waals surface area contributed by atoms with Crippen molar-refractivity contribution in [2.75, 3.05) is 26.8 Å². The number of methoxy groups -OCH3 is 1. The van der Waals surface area contributed by atoms with Gasteiger partial charge in [-0.3, -0.25) is 9.59 Å². The summed E-state index contributed by atoms with van der Waals surface area (Å²) in [4.78, 5) is 24.1. The van der Waals surface area contributed by atoms with Crippen LogP contribution < -0.4 is 5.73 Å². The van der Waals surface area contributed by atoms with Gasteiger partial charge in [-0.15, -0.1) is 0 Å². The fourth-order valence-corrected chi connectivity index (χ4v) is 1.84. The number of nitrogens with two attached hydrogens (primary N) is 1. The van der Waals surface area contributed by atoms with Crippen molar-refractivity contribution >= 4 is 11.9 Å². The first-order valence-corrected chi connectivity index (χ1v) is 6.47. The summed E-state index contributed by atoms with van der Waals surface area (Å²) < 4.78 is 4.86. The molecule has 0 unspecified atom stereocenters. The third kappa shape index (κ3) is 5.80. The molecule has 0 saturated heterocycles. The Morgan fingerprint density at radius 3 is 2.48 bits per heavy atom. The fourth-order valence-electron chi connectivity index (χ4n) is 1.84. The molecule has 0 aromatic heterocycles. The van der Waals surface area contributed by atoms with Gasteiger partial charge in [0.05, 0.1) is 12.6 Å². The molecule has 0 saturated carbocycles. The zero-order chi connectivity index (χ0) is 15.8. The number of carboxylic acids is 1. The number of benzene rings is 1. The Bertz CT molecular complexity index is 475. The molecule has 1 aromatic rings. The average molecular weight is 296 g/mol. The van der Waals surface area contributed by atoms with Crippen molar-refractivity contribution < 1.29 is 24.5 Å². The largest absolute Gasteiger partial charge is 0.508 e. The van der Waals surface area contributed by atoms with Gasteiger partial charge >= 0.3 is 5.97 Å². The van der Waals surface area contributed by atoms with Gasteiger partial charge in [0.2, 0.25) is 5.91 Å². The van der Waals surface area contributed by atoms with Crippen LogP contribution in [0.4, 0.5) is 0 Å². The van der Waals surface area contributed by atoms with Crippen LogP contribution in [0, 0.1) is 0 Å². The molecule has 0 radical (unpaired) electrons. The summed E-state index contributed by atoms with van der Waals surface area (Å²) in [6.07, 6.45) is 0.266. The van der Waals surface area contributed by atoms with Crippen LogP contribution in [0.25, 0.3) is 0 Å². The monoisotopic (exact) mass is 296 g/mol. The number of hydrogen-bond donors (Lipinski definition) is 3. The lowest BCUT2D eigenvalue weighted by Crippen LogP contribution is -2.48. The molecule has 7 nitrogen and oxygen atoms in total. The van der Waals surface area contributed by atoms with Crippen LogP contribution in [0.1, 0.15) is 5.56 Å². The molecule has 7 heteroatoms. The summed E-state index contributed by atoms with van der Waals surface area (Å²) in [7, 11) is 1.47. The predicted octanol–water partition coefficient (Wildman–Crippen LogP) is -0.178. The fraction of sp³-hybridized carbons (Fsp3) is 0.429. The number of carbonyl (C=O) groups excluding carboxylic acids is 1. The molecular weight excluding hydrogens is 276 g/mol. The van der Waals surface area contributed by atoms with E-state index >= 15 is 0 Å². The lowest BCUT2D eigenvalue weighted by atomic mass is 10.1. The van der Waals surface area contributed by atoms with E-state index in [1.807, 2.05) is 0 Å². The standard InChI is InChI=1S/C14H20N2O5/c1-21-7-6-16(9-13(18)19)14(20)12(15)8-10-2-4-11(17)5-3-10/h2-5,12,17H,6-9,15H2,1H3,(H,18,19)/t12-/m0/s1. The van der Waals surface area contributed by atoms with Gasteiger partial charge in [0.1, 0.15) is 12.3 Å². The molecule has 0 aliphatic heterocycles. The topological polar surface area (TPSA) is 113 Å². The first-order chi connectivity index (χ1) is 9.93. The van der Waals surface area contributed by atoms with Crippen LogP contribution in [-0.4, -0.2) is 59.8 Å². The number of rotatable bonds is 8. The highest BCUT2D eigenvalue weighted by Gasteiger charge is 2.23. The van der Waals surface area contributed by atoms with E-state index in [0.717, 1.165) is 10.5 Å². The molecule has 116 valence electrons. The molecule has 21 heavy (non-hydrogen) atoms. The SMILES string of the molecule is COCCN(CC(=O)O)C(=O)[C@@H](N)Cc1ccc(O)cc1. The molecule has 1 aromatic carbocycles. The van der Waals surface area contributed by atoms with Crippen molar-refractivity contribution in [2.45, 2.75) is 12.5 Å². The van der Waals surface area contributed by atoms with E-state index in [9.17, 15) is 14.7 Å². The van der Waals surface area contributed by atoms with Gasteiger partial charge < -0.3 is 25.6 Å². The molecule has 4 N–H and O–H groups in total. The number of hydrogen-bond acceptors (Lipinski definition) is 5. The van der Waals surface area contributed by atoms with Crippen molar-refractivity contribution in [3.63, 3.8) is 0 Å². The Hall–Kier alpha value is -2.12. The Morgan fingerprint density at radius 1 is 1.33 bits per heavy atom. The molecule has 0 fully saturated rings. The number of carbonyl (C=O) groups is 2. The van der Waals surface area contributed by atoms with Crippen LogP contribution >= 0.6 is 0 Å². The third-order valence-corrected chi connectivity index (χ3v) is 2.91. The Balaban J connectivity index is 2.67. The normalized spacial score (nSPS) is 11.9. The number of amides is 1. The third-order valence-electron chi connectivity index (χ3n) is 2.91. The van der Waals surface area contributed by atoms with Gasteiger partial charge in [-0.25, -0.2) is 0 Å². The van der Waals surface area contributed by atoms with Crippen LogP contribution in [0.5, 0.6) is 5.75 Å². The molecular formula is C14H20N2O5. The number of aliphatic carboxylic acids is 1. The van der Waals surface area contributed by atoms with Crippen molar-refractivity contribution in [1.82, 2.24) is 4.90 Å². The van der Waals surface area contributed by atoms with E-state index in [-0.39, 0.29) is 25.3 Å². The predicted molar refractivity (Wildman–Crippen MR) is 75.9 cm³/mol. The smallest absolute Gasteiger partial charge is 0.323 e. The molecule has 0 bridgehead atoms. The average Bonchev–Trinajstić information content (AvgIpc) is 2.44. The van der Waals surface area contributed by atoms with E-state index in [1.54, 1.807) is 12.1 Å². The second kappa shape index (κ2) is 8.23. The highest BCUT2D eigenvalue weighted by Crippen LogP contribution is 2.11. The Kier molecular flexibility index (Phi) is 6.64. The second-order valence-electron chi connectivity index (χ2n) is 4.62. The number of phenolic OH excluding ortho intramolecular Hbond substituents is 1. The summed E-state index contributed by atoms with van der Waals surface area (Å²) in [6, 6.07) is 5.50. The minimum atomic E-state index is -1.10. The summed E-state index contributed by atoms with van der Waals surface area (Å²) >= 11 is 0. The lowest BCUT2D eigenvalue weighted by Gasteiger charge is -2.23. The van der Waals surface area contributed by atoms with Gasteiger partial charge in [0.15, 0.2) is 0 Å². The van der Waals surface area contributed by atoms with Gasteiger partial charge in [-0.2, -0.15) is 0 Å². The molecule has 1 rings (SSSR count). The summed E-state index contributed by atoms with van der Waals surface area (Å²) in [5, 5.41) is 18.0. The highest BCUT2D eigenvalue weighted by molar-refractivity contribution is 5.85. The van der Waals surface area contributed by atoms with Crippen LogP contribution in [0.2, 0.25) is 0 Å². The van der Waals surface area contributed by atoms with Crippen LogP contribution in [-0.2, 0) is 20.7 Å². The molecule has 0 spiro atoms. The van der Waals surface area contributed by atoms with Crippen LogP contribution in [0.15, 0.2) is 24.3 Å². The van der Waals surface area contributed by atoms with E-state index in [1.165, 1.54) is 19.2 Å². The molecule has 0 heterocycles. The maximum atomic E-state index is 12.2. The summed E-state index contributed by atoms with van der Waals surface area (Å²) in [5.41, 5.74) is 6.64. The van der Waals surface area contributed by atoms with E-state index in [2.05, 4.69) is 0 Å². The van der Waals surface area contributed by atoms with Gasteiger partial charge in [-0.05, 0) is 24.1 Å². The van der Waals surface area contributed by atoms with Gasteiger partial charge in [-0.1, -0.05) is 12.1 Å². The summed E-state index contributed by atoms with van der Waals surface area (Å²) in [6.45, 7) is 0.00132. The zero-order valence-electron chi connectivity index (χ0n) is 11.9. The van der Waals surface area contributed by atoms with Gasteiger partial charge in [0.25, 0.3) is 0 Å². The second-order valence-corrected chi connectivity index (χ2v) is 4.62. The van der Waals surface area contributed by atoms with Crippen molar-refractivity contribution in [1.29, 1.82) is 0 Å². The van der Waals surface area contributed by atoms with Crippen LogP contribution in [0.3, 0.4) is 0 Å². The number of aromatic hydroxyl groups is 1. The number of phenols is 1. The van der Waals surface area contributed by atoms with Crippen molar-refractivity contribution in [2.24, 2.45) is 5.73 Å². The number of nitrogens with zero attached hydrogens (tertiary/aromatic N) is 1. The molecule has 1 amide bonds. The van der Waals surface area contributed by atoms with Crippen molar-refractivity contribution in [3.05, 3.63) is 29.8 Å². The minimum absolute atomic E-state index is 0.131. The first-order valence-electron chi connectivity index (χ1n) is 6.47. The maximum Gasteiger partial charge on any atom is 0.323 e. The zero-order valence-corrected chi connectivity index (χ0v) is 11.9. The Labute approximate surface area is 122 Å². The number of carboxylic acid groups (broad SMARTS) is 1. The summed E-state index contributed by atoms with van der Waals surface area (Å²) in [5.74, 6) is -1.41. The minimum Gasteiger partial charge on any atom is -0.508 e. The molecule has 0 aliphatic rings. The highest BCUT2D eigenvalue weighted by atomic mass is 16.5. The Morgan fingerprint density at radius 2 is 1.95 bits per heavy atom. The lowest BCUT2D eigenvalue weighted by molar-refractivity contribution is -0.145. The van der Waals surface area contributed by atoms with Gasteiger partial charge in [0, 0.05) is 13.7 Å². The molecule has 1 atom stereocenters. The van der Waals surface area contributed by atoms with E-state index in [4.69, 9.17) is 15.6 Å².